The Hall–Kier alpha value is -0.550. The van der Waals surface area contributed by atoms with E-state index in [-0.39, 0.29) is 7.92 Å². The van der Waals surface area contributed by atoms with Crippen molar-refractivity contribution in [1.82, 2.24) is 0 Å². The van der Waals surface area contributed by atoms with E-state index in [0.717, 1.165) is 23.7 Å². The fourth-order valence-corrected chi connectivity index (χ4v) is 7.74. The molecule has 1 aromatic rings. The SMILES string of the molecule is CCOc1ccc(P(C2CCCC2)C2CCCC2)cc1. The maximum Gasteiger partial charge on any atom is 0.119 e. The molecule has 0 atom stereocenters. The van der Waals surface area contributed by atoms with Gasteiger partial charge in [-0.25, -0.2) is 0 Å². The first kappa shape index (κ1) is 14.4. The van der Waals surface area contributed by atoms with Gasteiger partial charge in [0.2, 0.25) is 0 Å². The highest BCUT2D eigenvalue weighted by Gasteiger charge is 2.33. The van der Waals surface area contributed by atoms with E-state index in [1.165, 1.54) is 51.4 Å². The molecule has 3 rings (SSSR count). The number of hydrogen-bond acceptors (Lipinski definition) is 1. The molecule has 20 heavy (non-hydrogen) atoms. The van der Waals surface area contributed by atoms with E-state index >= 15 is 0 Å². The molecular weight excluding hydrogens is 263 g/mol. The lowest BCUT2D eigenvalue weighted by Gasteiger charge is -2.30. The Bertz CT molecular complexity index is 386. The molecule has 0 aromatic heterocycles. The van der Waals surface area contributed by atoms with Crippen LogP contribution in [0.15, 0.2) is 24.3 Å². The van der Waals surface area contributed by atoms with Crippen molar-refractivity contribution in [2.24, 2.45) is 0 Å². The smallest absolute Gasteiger partial charge is 0.119 e. The van der Waals surface area contributed by atoms with Crippen molar-refractivity contribution in [3.05, 3.63) is 24.3 Å². The van der Waals surface area contributed by atoms with Crippen LogP contribution in [0.25, 0.3) is 0 Å². The summed E-state index contributed by atoms with van der Waals surface area (Å²) in [7, 11) is 0.0648. The van der Waals surface area contributed by atoms with Gasteiger partial charge in [0.05, 0.1) is 6.61 Å². The second-order valence-electron chi connectivity index (χ2n) is 6.21. The molecule has 0 amide bonds. The molecule has 1 aromatic carbocycles. The summed E-state index contributed by atoms with van der Waals surface area (Å²) >= 11 is 0. The van der Waals surface area contributed by atoms with E-state index in [0.29, 0.717) is 0 Å². The molecular formula is C18H27OP. The summed E-state index contributed by atoms with van der Waals surface area (Å²) in [5.74, 6) is 1.03. The van der Waals surface area contributed by atoms with E-state index in [9.17, 15) is 0 Å². The Morgan fingerprint density at radius 3 is 1.85 bits per heavy atom. The molecule has 2 heteroatoms. The fourth-order valence-electron chi connectivity index (χ4n) is 3.97. The molecule has 2 aliphatic rings. The van der Waals surface area contributed by atoms with Crippen molar-refractivity contribution in [1.29, 1.82) is 0 Å². The molecule has 2 fully saturated rings. The van der Waals surface area contributed by atoms with Crippen LogP contribution in [-0.4, -0.2) is 17.9 Å². The van der Waals surface area contributed by atoms with E-state index in [1.54, 1.807) is 5.30 Å². The summed E-state index contributed by atoms with van der Waals surface area (Å²) in [5, 5.41) is 1.64. The number of ether oxygens (including phenoxy) is 1. The lowest BCUT2D eigenvalue weighted by molar-refractivity contribution is 0.340. The van der Waals surface area contributed by atoms with Crippen LogP contribution in [0.4, 0.5) is 0 Å². The quantitative estimate of drug-likeness (QED) is 0.687. The second-order valence-corrected chi connectivity index (χ2v) is 9.00. The van der Waals surface area contributed by atoms with Crippen molar-refractivity contribution in [3.63, 3.8) is 0 Å². The molecule has 2 aliphatic carbocycles. The van der Waals surface area contributed by atoms with Crippen LogP contribution in [0.1, 0.15) is 58.3 Å². The van der Waals surface area contributed by atoms with Crippen molar-refractivity contribution in [2.75, 3.05) is 6.61 Å². The Morgan fingerprint density at radius 1 is 0.900 bits per heavy atom. The number of rotatable bonds is 5. The first-order valence-electron chi connectivity index (χ1n) is 8.39. The molecule has 0 heterocycles. The maximum absolute atomic E-state index is 5.60. The minimum Gasteiger partial charge on any atom is -0.494 e. The van der Waals surface area contributed by atoms with Gasteiger partial charge in [-0.05, 0) is 61.4 Å². The highest BCUT2D eigenvalue weighted by molar-refractivity contribution is 7.67. The van der Waals surface area contributed by atoms with Gasteiger partial charge in [-0.1, -0.05) is 45.7 Å². The van der Waals surface area contributed by atoms with Gasteiger partial charge in [0.15, 0.2) is 0 Å². The van der Waals surface area contributed by atoms with Crippen molar-refractivity contribution in [2.45, 2.75) is 69.6 Å². The first-order valence-corrected chi connectivity index (χ1v) is 9.87. The predicted octanol–water partition coefficient (Wildman–Crippen LogP) is 5.08. The summed E-state index contributed by atoms with van der Waals surface area (Å²) in [5.41, 5.74) is 2.01. The highest BCUT2D eigenvalue weighted by atomic mass is 31.1. The van der Waals surface area contributed by atoms with Crippen LogP contribution in [0.2, 0.25) is 0 Å². The van der Waals surface area contributed by atoms with Gasteiger partial charge in [-0.2, -0.15) is 0 Å². The van der Waals surface area contributed by atoms with Crippen molar-refractivity contribution < 1.29 is 4.74 Å². The minimum absolute atomic E-state index is 0.0648. The Morgan fingerprint density at radius 2 is 1.40 bits per heavy atom. The summed E-state index contributed by atoms with van der Waals surface area (Å²) in [6, 6.07) is 9.12. The van der Waals surface area contributed by atoms with Crippen molar-refractivity contribution in [3.8, 4) is 5.75 Å². The normalized spacial score (nSPS) is 20.9. The number of hydrogen-bond donors (Lipinski definition) is 0. The topological polar surface area (TPSA) is 9.23 Å². The van der Waals surface area contributed by atoms with Gasteiger partial charge in [-0.15, -0.1) is 0 Å². The monoisotopic (exact) mass is 290 g/mol. The minimum atomic E-state index is 0.0648. The van der Waals surface area contributed by atoms with Gasteiger partial charge in [-0.3, -0.25) is 0 Å². The average molecular weight is 290 g/mol. The molecule has 0 N–H and O–H groups in total. The van der Waals surface area contributed by atoms with Crippen LogP contribution >= 0.6 is 7.92 Å². The number of benzene rings is 1. The summed E-state index contributed by atoms with van der Waals surface area (Å²) in [6.45, 7) is 2.82. The molecule has 2 saturated carbocycles. The zero-order valence-corrected chi connectivity index (χ0v) is 13.6. The van der Waals surface area contributed by atoms with E-state index in [2.05, 4.69) is 31.2 Å². The fraction of sp³-hybridized carbons (Fsp3) is 0.667. The molecule has 0 unspecified atom stereocenters. The van der Waals surface area contributed by atoms with Gasteiger partial charge in [0, 0.05) is 0 Å². The molecule has 0 spiro atoms. The molecule has 110 valence electrons. The zero-order valence-electron chi connectivity index (χ0n) is 12.7. The third kappa shape index (κ3) is 3.19. The van der Waals surface area contributed by atoms with Gasteiger partial charge in [0.1, 0.15) is 5.75 Å². The Labute approximate surface area is 124 Å². The second kappa shape index (κ2) is 6.94. The third-order valence-electron chi connectivity index (χ3n) is 4.88. The maximum atomic E-state index is 5.60. The Kier molecular flexibility index (Phi) is 4.99. The van der Waals surface area contributed by atoms with Gasteiger partial charge in [0.25, 0.3) is 0 Å². The van der Waals surface area contributed by atoms with E-state index in [4.69, 9.17) is 4.74 Å². The van der Waals surface area contributed by atoms with Crippen molar-refractivity contribution >= 4 is 13.2 Å². The first-order chi connectivity index (χ1) is 9.88. The lowest BCUT2D eigenvalue weighted by atomic mass is 10.3. The highest BCUT2D eigenvalue weighted by Crippen LogP contribution is 2.56. The van der Waals surface area contributed by atoms with E-state index < -0.39 is 0 Å². The van der Waals surface area contributed by atoms with E-state index in [1.807, 2.05) is 0 Å². The van der Waals surface area contributed by atoms with Crippen LogP contribution in [0.3, 0.4) is 0 Å². The van der Waals surface area contributed by atoms with Crippen LogP contribution < -0.4 is 10.0 Å². The zero-order chi connectivity index (χ0) is 13.8. The van der Waals surface area contributed by atoms with Crippen LogP contribution in [0, 0.1) is 0 Å². The standard InChI is InChI=1S/C18H27OP/c1-2-19-15-11-13-18(14-12-15)20(16-7-3-4-8-16)17-9-5-6-10-17/h11-14,16-17H,2-10H2,1H3. The molecule has 1 nitrogen and oxygen atoms in total. The van der Waals surface area contributed by atoms with Crippen LogP contribution in [0.5, 0.6) is 5.75 Å². The van der Waals surface area contributed by atoms with Crippen LogP contribution in [-0.2, 0) is 0 Å². The summed E-state index contributed by atoms with van der Waals surface area (Å²) in [6.07, 6.45) is 11.8. The average Bonchev–Trinajstić information content (AvgIpc) is 3.15. The largest absolute Gasteiger partial charge is 0.494 e. The molecule has 0 radical (unpaired) electrons. The predicted molar refractivity (Wildman–Crippen MR) is 88.7 cm³/mol. The summed E-state index contributed by atoms with van der Waals surface area (Å²) in [4.78, 5) is 0. The molecule has 0 bridgehead atoms. The summed E-state index contributed by atoms with van der Waals surface area (Å²) < 4.78 is 5.60. The third-order valence-corrected chi connectivity index (χ3v) is 8.38. The molecule has 0 saturated heterocycles. The van der Waals surface area contributed by atoms with Gasteiger partial charge < -0.3 is 4.74 Å². The lowest BCUT2D eigenvalue weighted by Crippen LogP contribution is -2.19. The molecule has 0 aliphatic heterocycles. The van der Waals surface area contributed by atoms with Gasteiger partial charge >= 0.3 is 0 Å². The Balaban J connectivity index is 1.79.